The first kappa shape index (κ1) is 21.2. The molecule has 0 radical (unpaired) electrons. The average Bonchev–Trinajstić information content (AvgIpc) is 2.84. The Bertz CT molecular complexity index is 1200. The normalized spacial score (nSPS) is 17.9. The van der Waals surface area contributed by atoms with Crippen molar-refractivity contribution in [1.29, 1.82) is 0 Å². The van der Waals surface area contributed by atoms with Gasteiger partial charge in [0.25, 0.3) is 0 Å². The Labute approximate surface area is 187 Å². The number of nitrogens with one attached hydrogen (secondary N) is 1. The lowest BCUT2D eigenvalue weighted by atomic mass is 9.97. The third-order valence-electron chi connectivity index (χ3n) is 5.96. The van der Waals surface area contributed by atoms with Crippen LogP contribution in [0.5, 0.6) is 11.5 Å². The number of fused-ring (bicyclic) bond motifs is 2. The summed E-state index contributed by atoms with van der Waals surface area (Å²) in [6.07, 6.45) is 0. The van der Waals surface area contributed by atoms with Crippen LogP contribution in [-0.4, -0.2) is 59.4 Å². The molecule has 0 aromatic heterocycles. The molecule has 0 saturated carbocycles. The van der Waals surface area contributed by atoms with Crippen molar-refractivity contribution in [2.75, 3.05) is 46.1 Å². The smallest absolute Gasteiger partial charge is 0.240 e. The second-order valence-corrected chi connectivity index (χ2v) is 9.66. The van der Waals surface area contributed by atoms with Gasteiger partial charge in [-0.2, -0.15) is 0 Å². The summed E-state index contributed by atoms with van der Waals surface area (Å²) in [5.74, 6) is 1.02. The van der Waals surface area contributed by atoms with E-state index in [0.29, 0.717) is 37.9 Å². The van der Waals surface area contributed by atoms with E-state index in [1.165, 1.54) is 6.07 Å². The molecule has 3 aromatic rings. The third kappa shape index (κ3) is 4.31. The van der Waals surface area contributed by atoms with Crippen molar-refractivity contribution in [3.63, 3.8) is 0 Å². The molecule has 2 aliphatic rings. The fourth-order valence-electron chi connectivity index (χ4n) is 4.33. The van der Waals surface area contributed by atoms with Crippen molar-refractivity contribution < 1.29 is 22.6 Å². The van der Waals surface area contributed by atoms with E-state index in [-0.39, 0.29) is 17.5 Å². The molecule has 1 saturated heterocycles. The van der Waals surface area contributed by atoms with Gasteiger partial charge in [0, 0.05) is 31.7 Å². The van der Waals surface area contributed by atoms with Crippen molar-refractivity contribution in [3.05, 3.63) is 66.2 Å². The minimum absolute atomic E-state index is 0.114. The molecule has 7 nitrogen and oxygen atoms in total. The number of hydrogen-bond acceptors (Lipinski definition) is 6. The monoisotopic (exact) mass is 454 g/mol. The highest BCUT2D eigenvalue weighted by molar-refractivity contribution is 7.89. The van der Waals surface area contributed by atoms with Gasteiger partial charge in [0.15, 0.2) is 11.5 Å². The van der Waals surface area contributed by atoms with Gasteiger partial charge >= 0.3 is 0 Å². The lowest BCUT2D eigenvalue weighted by Crippen LogP contribution is -2.43. The van der Waals surface area contributed by atoms with Crippen LogP contribution >= 0.6 is 0 Å². The Morgan fingerprint density at radius 3 is 2.47 bits per heavy atom. The van der Waals surface area contributed by atoms with Crippen molar-refractivity contribution in [1.82, 2.24) is 9.62 Å². The predicted molar refractivity (Wildman–Crippen MR) is 122 cm³/mol. The quantitative estimate of drug-likeness (QED) is 0.617. The van der Waals surface area contributed by atoms with Crippen LogP contribution in [0.4, 0.5) is 0 Å². The highest BCUT2D eigenvalue weighted by Gasteiger charge is 2.27. The molecule has 168 valence electrons. The summed E-state index contributed by atoms with van der Waals surface area (Å²) in [5, 5.41) is 2.27. The minimum atomic E-state index is -3.73. The third-order valence-corrected chi connectivity index (χ3v) is 7.38. The van der Waals surface area contributed by atoms with E-state index in [2.05, 4.69) is 33.9 Å². The standard InChI is InChI=1S/C24H26N2O5S/c27-32(28,19-8-9-23-24(16-19)31-15-14-30-23)25-17-22(26-10-12-29-13-11-26)21-7-3-5-18-4-1-2-6-20(18)21/h1-9,16,22,25H,10-15,17H2. The molecule has 1 unspecified atom stereocenters. The van der Waals surface area contributed by atoms with Crippen LogP contribution < -0.4 is 14.2 Å². The van der Waals surface area contributed by atoms with Crippen molar-refractivity contribution in [2.24, 2.45) is 0 Å². The molecule has 1 atom stereocenters. The van der Waals surface area contributed by atoms with Crippen LogP contribution in [0.1, 0.15) is 11.6 Å². The Morgan fingerprint density at radius 2 is 1.62 bits per heavy atom. The molecule has 32 heavy (non-hydrogen) atoms. The van der Waals surface area contributed by atoms with Gasteiger partial charge in [-0.3, -0.25) is 4.90 Å². The molecule has 1 N–H and O–H groups in total. The predicted octanol–water partition coefficient (Wildman–Crippen LogP) is 2.96. The Kier molecular flexibility index (Phi) is 6.01. The minimum Gasteiger partial charge on any atom is -0.486 e. The SMILES string of the molecule is O=S(=O)(NCC(c1cccc2ccccc12)N1CCOCC1)c1ccc2c(c1)OCCO2. The second-order valence-electron chi connectivity index (χ2n) is 7.89. The summed E-state index contributed by atoms with van der Waals surface area (Å²) in [4.78, 5) is 2.46. The van der Waals surface area contributed by atoms with Gasteiger partial charge in [0.05, 0.1) is 18.1 Å². The molecule has 2 heterocycles. The zero-order chi connectivity index (χ0) is 22.0. The summed E-state index contributed by atoms with van der Waals surface area (Å²) in [7, 11) is -3.73. The van der Waals surface area contributed by atoms with Crippen LogP contribution in [0.15, 0.2) is 65.6 Å². The number of sulfonamides is 1. The number of ether oxygens (including phenoxy) is 3. The Balaban J connectivity index is 1.44. The average molecular weight is 455 g/mol. The summed E-state index contributed by atoms with van der Waals surface area (Å²) >= 11 is 0. The van der Waals surface area contributed by atoms with E-state index in [1.54, 1.807) is 12.1 Å². The van der Waals surface area contributed by atoms with E-state index in [0.717, 1.165) is 29.4 Å². The van der Waals surface area contributed by atoms with E-state index in [9.17, 15) is 8.42 Å². The molecule has 2 aliphatic heterocycles. The molecule has 0 bridgehead atoms. The van der Waals surface area contributed by atoms with E-state index in [4.69, 9.17) is 14.2 Å². The van der Waals surface area contributed by atoms with Gasteiger partial charge in [0.2, 0.25) is 10.0 Å². The molecule has 0 amide bonds. The van der Waals surface area contributed by atoms with Gasteiger partial charge in [-0.1, -0.05) is 42.5 Å². The molecule has 5 rings (SSSR count). The van der Waals surface area contributed by atoms with Gasteiger partial charge in [0.1, 0.15) is 13.2 Å². The first-order chi connectivity index (χ1) is 15.6. The van der Waals surface area contributed by atoms with Crippen LogP contribution in [0.25, 0.3) is 10.8 Å². The van der Waals surface area contributed by atoms with Crippen LogP contribution in [0.2, 0.25) is 0 Å². The number of benzene rings is 3. The zero-order valence-electron chi connectivity index (χ0n) is 17.7. The number of nitrogens with zero attached hydrogens (tertiary/aromatic N) is 1. The van der Waals surface area contributed by atoms with Crippen molar-refractivity contribution >= 4 is 20.8 Å². The van der Waals surface area contributed by atoms with Gasteiger partial charge in [-0.05, 0) is 28.5 Å². The maximum atomic E-state index is 13.1. The summed E-state index contributed by atoms with van der Waals surface area (Å²) in [6.45, 7) is 3.89. The Morgan fingerprint density at radius 1 is 0.875 bits per heavy atom. The first-order valence-electron chi connectivity index (χ1n) is 10.8. The van der Waals surface area contributed by atoms with Crippen molar-refractivity contribution in [2.45, 2.75) is 10.9 Å². The van der Waals surface area contributed by atoms with Gasteiger partial charge in [-0.15, -0.1) is 0 Å². The van der Waals surface area contributed by atoms with Gasteiger partial charge in [-0.25, -0.2) is 13.1 Å². The lowest BCUT2D eigenvalue weighted by Gasteiger charge is -2.35. The first-order valence-corrected chi connectivity index (χ1v) is 12.3. The lowest BCUT2D eigenvalue weighted by molar-refractivity contribution is 0.0175. The largest absolute Gasteiger partial charge is 0.486 e. The molecule has 0 aliphatic carbocycles. The summed E-state index contributed by atoms with van der Waals surface area (Å²) < 4.78 is 45.7. The number of rotatable bonds is 6. The fraction of sp³-hybridized carbons (Fsp3) is 0.333. The molecule has 3 aromatic carbocycles. The Hall–Kier alpha value is -2.65. The molecular weight excluding hydrogens is 428 g/mol. The summed E-state index contributed by atoms with van der Waals surface area (Å²) in [5.41, 5.74) is 1.11. The fourth-order valence-corrected chi connectivity index (χ4v) is 5.38. The molecule has 8 heteroatoms. The van der Waals surface area contributed by atoms with Gasteiger partial charge < -0.3 is 14.2 Å². The maximum Gasteiger partial charge on any atom is 0.240 e. The highest BCUT2D eigenvalue weighted by Crippen LogP contribution is 2.33. The maximum absolute atomic E-state index is 13.1. The number of hydrogen-bond donors (Lipinski definition) is 1. The molecular formula is C24H26N2O5S. The van der Waals surface area contributed by atoms with Crippen molar-refractivity contribution in [3.8, 4) is 11.5 Å². The highest BCUT2D eigenvalue weighted by atomic mass is 32.2. The zero-order valence-corrected chi connectivity index (χ0v) is 18.5. The van der Waals surface area contributed by atoms with E-state index >= 15 is 0 Å². The van der Waals surface area contributed by atoms with E-state index in [1.807, 2.05) is 18.2 Å². The second kappa shape index (κ2) is 9.07. The van der Waals surface area contributed by atoms with E-state index < -0.39 is 10.0 Å². The van der Waals surface area contributed by atoms with Crippen LogP contribution in [0.3, 0.4) is 0 Å². The molecule has 1 fully saturated rings. The topological polar surface area (TPSA) is 77.1 Å². The van der Waals surface area contributed by atoms with Crippen LogP contribution in [0, 0.1) is 0 Å². The van der Waals surface area contributed by atoms with Crippen LogP contribution in [-0.2, 0) is 14.8 Å². The summed E-state index contributed by atoms with van der Waals surface area (Å²) in [6, 6.07) is 19.0. The number of morpholine rings is 1. The molecule has 0 spiro atoms.